The van der Waals surface area contributed by atoms with Crippen LogP contribution in [0.5, 0.6) is 0 Å². The van der Waals surface area contributed by atoms with Crippen molar-refractivity contribution >= 4 is 11.5 Å². The Kier molecular flexibility index (Phi) is 4.37. The fourth-order valence-corrected chi connectivity index (χ4v) is 2.47. The van der Waals surface area contributed by atoms with E-state index in [2.05, 4.69) is 15.3 Å². The Balaban J connectivity index is 1.98. The van der Waals surface area contributed by atoms with Crippen molar-refractivity contribution in [2.75, 3.05) is 11.4 Å². The molecular formula is C16H16F3N5. The highest BCUT2D eigenvalue weighted by Gasteiger charge is 2.37. The van der Waals surface area contributed by atoms with Crippen molar-refractivity contribution in [3.63, 3.8) is 0 Å². The summed E-state index contributed by atoms with van der Waals surface area (Å²) in [6.07, 6.45) is -3.75. The van der Waals surface area contributed by atoms with Gasteiger partial charge in [-0.2, -0.15) is 17.7 Å². The molecule has 3 rings (SSSR count). The van der Waals surface area contributed by atoms with Crippen LogP contribution in [-0.4, -0.2) is 26.4 Å². The zero-order chi connectivity index (χ0) is 17.2. The lowest BCUT2D eigenvalue weighted by Crippen LogP contribution is -2.25. The van der Waals surface area contributed by atoms with Gasteiger partial charge in [-0.15, -0.1) is 15.3 Å². The minimum absolute atomic E-state index is 0.0715. The van der Waals surface area contributed by atoms with Crippen LogP contribution in [-0.2, 0) is 12.7 Å². The van der Waals surface area contributed by atoms with E-state index in [1.54, 1.807) is 6.07 Å². The third-order valence-electron chi connectivity index (χ3n) is 3.54. The number of hydrogen-bond acceptors (Lipinski definition) is 4. The molecule has 0 aliphatic carbocycles. The summed E-state index contributed by atoms with van der Waals surface area (Å²) < 4.78 is 39.8. The van der Waals surface area contributed by atoms with E-state index in [1.165, 1.54) is 6.07 Å². The lowest BCUT2D eigenvalue weighted by Gasteiger charge is -2.23. The average Bonchev–Trinajstić information content (AvgIpc) is 2.98. The Hall–Kier alpha value is -2.64. The summed E-state index contributed by atoms with van der Waals surface area (Å²) in [7, 11) is 0. The molecule has 1 aromatic carbocycles. The third kappa shape index (κ3) is 3.32. The second-order valence-electron chi connectivity index (χ2n) is 5.39. The maximum absolute atomic E-state index is 13.0. The van der Waals surface area contributed by atoms with Crippen molar-refractivity contribution < 1.29 is 13.2 Å². The van der Waals surface area contributed by atoms with E-state index in [1.807, 2.05) is 42.2 Å². The van der Waals surface area contributed by atoms with Gasteiger partial charge in [0.2, 0.25) is 0 Å². The molecule has 0 spiro atoms. The molecule has 0 bridgehead atoms. The number of benzene rings is 1. The minimum atomic E-state index is -4.60. The number of anilines is 1. The van der Waals surface area contributed by atoms with Crippen LogP contribution in [0, 0.1) is 0 Å². The Morgan fingerprint density at radius 3 is 2.46 bits per heavy atom. The first kappa shape index (κ1) is 16.2. The van der Waals surface area contributed by atoms with Gasteiger partial charge in [0.15, 0.2) is 5.65 Å². The van der Waals surface area contributed by atoms with Gasteiger partial charge in [0.1, 0.15) is 5.82 Å². The van der Waals surface area contributed by atoms with E-state index >= 15 is 0 Å². The molecule has 0 aliphatic rings. The van der Waals surface area contributed by atoms with Gasteiger partial charge in [0.05, 0.1) is 0 Å². The summed E-state index contributed by atoms with van der Waals surface area (Å²) >= 11 is 0. The van der Waals surface area contributed by atoms with Crippen molar-refractivity contribution in [2.45, 2.75) is 26.1 Å². The van der Waals surface area contributed by atoms with Crippen LogP contribution >= 0.6 is 0 Å². The van der Waals surface area contributed by atoms with E-state index in [-0.39, 0.29) is 5.65 Å². The largest absolute Gasteiger partial charge is 0.453 e. The number of fused-ring (bicyclic) bond motifs is 1. The molecule has 2 heterocycles. The highest BCUT2D eigenvalue weighted by atomic mass is 19.4. The number of nitrogens with zero attached hydrogens (tertiary/aromatic N) is 5. The number of aromatic nitrogens is 4. The molecule has 24 heavy (non-hydrogen) atoms. The van der Waals surface area contributed by atoms with Crippen molar-refractivity contribution in [3.8, 4) is 0 Å². The summed E-state index contributed by atoms with van der Waals surface area (Å²) in [5.74, 6) is -0.658. The van der Waals surface area contributed by atoms with Gasteiger partial charge in [-0.1, -0.05) is 37.3 Å². The molecule has 0 N–H and O–H groups in total. The maximum atomic E-state index is 13.0. The second kappa shape index (κ2) is 6.46. The third-order valence-corrected chi connectivity index (χ3v) is 3.54. The van der Waals surface area contributed by atoms with Crippen LogP contribution in [0.25, 0.3) is 5.65 Å². The molecule has 3 aromatic rings. The predicted molar refractivity (Wildman–Crippen MR) is 83.6 cm³/mol. The van der Waals surface area contributed by atoms with E-state index in [0.29, 0.717) is 18.9 Å². The topological polar surface area (TPSA) is 46.3 Å². The van der Waals surface area contributed by atoms with Crippen LogP contribution in [0.3, 0.4) is 0 Å². The minimum Gasteiger partial charge on any atom is -0.351 e. The fraction of sp³-hybridized carbons (Fsp3) is 0.312. The summed E-state index contributed by atoms with van der Waals surface area (Å²) in [5, 5.41) is 10.8. The Bertz CT molecular complexity index is 813. The highest BCUT2D eigenvalue weighted by Crippen LogP contribution is 2.28. The molecule has 2 aromatic heterocycles. The van der Waals surface area contributed by atoms with Gasteiger partial charge in [-0.05, 0) is 24.1 Å². The van der Waals surface area contributed by atoms with Crippen LogP contribution < -0.4 is 4.90 Å². The predicted octanol–water partition coefficient (Wildman–Crippen LogP) is 3.56. The lowest BCUT2D eigenvalue weighted by molar-refractivity contribution is -0.146. The van der Waals surface area contributed by atoms with Gasteiger partial charge in [-0.3, -0.25) is 0 Å². The fourth-order valence-electron chi connectivity index (χ4n) is 2.47. The molecule has 8 heteroatoms. The molecule has 0 saturated carbocycles. The quantitative estimate of drug-likeness (QED) is 0.715. The van der Waals surface area contributed by atoms with E-state index < -0.39 is 12.0 Å². The molecule has 0 unspecified atom stereocenters. The molecule has 0 fully saturated rings. The van der Waals surface area contributed by atoms with Gasteiger partial charge < -0.3 is 4.90 Å². The maximum Gasteiger partial charge on any atom is 0.453 e. The normalized spacial score (nSPS) is 11.8. The van der Waals surface area contributed by atoms with Crippen LogP contribution in [0.1, 0.15) is 24.7 Å². The number of hydrogen-bond donors (Lipinski definition) is 0. The highest BCUT2D eigenvalue weighted by molar-refractivity contribution is 5.46. The van der Waals surface area contributed by atoms with Gasteiger partial charge in [-0.25, -0.2) is 0 Å². The first-order valence-electron chi connectivity index (χ1n) is 7.57. The van der Waals surface area contributed by atoms with Gasteiger partial charge in [0, 0.05) is 13.1 Å². The molecule has 0 radical (unpaired) electrons. The standard InChI is InChI=1S/C16H16F3N5/c1-2-10-23(11-12-6-4-3-5-7-12)14-9-8-13-20-21-15(16(17,18)19)24(13)22-14/h3-9H,2,10-11H2,1H3. The smallest absolute Gasteiger partial charge is 0.351 e. The zero-order valence-corrected chi connectivity index (χ0v) is 13.0. The van der Waals surface area contributed by atoms with Crippen molar-refractivity contribution in [3.05, 3.63) is 53.9 Å². The van der Waals surface area contributed by atoms with Crippen molar-refractivity contribution in [2.24, 2.45) is 0 Å². The van der Waals surface area contributed by atoms with Crippen LogP contribution in [0.4, 0.5) is 19.0 Å². The van der Waals surface area contributed by atoms with Crippen molar-refractivity contribution in [1.82, 2.24) is 19.8 Å². The molecular weight excluding hydrogens is 319 g/mol. The molecule has 0 amide bonds. The Morgan fingerprint density at radius 1 is 1.04 bits per heavy atom. The van der Waals surface area contributed by atoms with Gasteiger partial charge >= 0.3 is 6.18 Å². The van der Waals surface area contributed by atoms with Crippen LogP contribution in [0.15, 0.2) is 42.5 Å². The molecule has 5 nitrogen and oxygen atoms in total. The summed E-state index contributed by atoms with van der Waals surface area (Å²) in [6.45, 7) is 3.25. The summed E-state index contributed by atoms with van der Waals surface area (Å²) in [6, 6.07) is 12.9. The average molecular weight is 335 g/mol. The monoisotopic (exact) mass is 335 g/mol. The second-order valence-corrected chi connectivity index (χ2v) is 5.39. The Labute approximate surface area is 136 Å². The SMILES string of the molecule is CCCN(Cc1ccccc1)c1ccc2nnc(C(F)(F)F)n2n1. The van der Waals surface area contributed by atoms with Crippen LogP contribution in [0.2, 0.25) is 0 Å². The van der Waals surface area contributed by atoms with Gasteiger partial charge in [0.25, 0.3) is 5.82 Å². The summed E-state index contributed by atoms with van der Waals surface area (Å²) in [5.41, 5.74) is 1.13. The van der Waals surface area contributed by atoms with E-state index in [9.17, 15) is 13.2 Å². The van der Waals surface area contributed by atoms with E-state index in [4.69, 9.17) is 0 Å². The number of alkyl halides is 3. The molecule has 0 aliphatic heterocycles. The first-order valence-corrected chi connectivity index (χ1v) is 7.57. The lowest BCUT2D eigenvalue weighted by atomic mass is 10.2. The number of halogens is 3. The van der Waals surface area contributed by atoms with Crippen molar-refractivity contribution in [1.29, 1.82) is 0 Å². The molecule has 0 saturated heterocycles. The van der Waals surface area contributed by atoms with E-state index in [0.717, 1.165) is 16.5 Å². The zero-order valence-electron chi connectivity index (χ0n) is 13.0. The summed E-state index contributed by atoms with van der Waals surface area (Å²) in [4.78, 5) is 1.94. The number of rotatable bonds is 5. The first-order chi connectivity index (χ1) is 11.5. The Morgan fingerprint density at radius 2 is 1.79 bits per heavy atom. The molecule has 126 valence electrons. The molecule has 0 atom stereocenters.